The van der Waals surface area contributed by atoms with Crippen molar-refractivity contribution in [2.75, 3.05) is 5.32 Å². The monoisotopic (exact) mass is 343 g/mol. The number of nitrogens with one attached hydrogen (secondary N) is 1. The van der Waals surface area contributed by atoms with E-state index in [0.717, 1.165) is 24.1 Å². The van der Waals surface area contributed by atoms with E-state index >= 15 is 0 Å². The third-order valence-corrected chi connectivity index (χ3v) is 5.47. The van der Waals surface area contributed by atoms with E-state index in [0.29, 0.717) is 5.56 Å². The molecule has 0 bridgehead atoms. The van der Waals surface area contributed by atoms with Gasteiger partial charge in [0.1, 0.15) is 0 Å². The lowest BCUT2D eigenvalue weighted by Crippen LogP contribution is -2.31. The molecular formula is C21H20F3N. The minimum Gasteiger partial charge on any atom is -0.377 e. The molecule has 130 valence electrons. The van der Waals surface area contributed by atoms with E-state index in [2.05, 4.69) is 36.5 Å². The predicted molar refractivity (Wildman–Crippen MR) is 93.6 cm³/mol. The largest absolute Gasteiger partial charge is 0.416 e. The molecule has 1 N–H and O–H groups in total. The van der Waals surface area contributed by atoms with Crippen LogP contribution in [0.2, 0.25) is 0 Å². The van der Waals surface area contributed by atoms with Crippen LogP contribution in [0.25, 0.3) is 0 Å². The number of benzene rings is 2. The maximum Gasteiger partial charge on any atom is 0.416 e. The lowest BCUT2D eigenvalue weighted by Gasteiger charge is -2.39. The Balaban J connectivity index is 1.85. The molecule has 1 heterocycles. The van der Waals surface area contributed by atoms with Gasteiger partial charge in [-0.2, -0.15) is 13.2 Å². The van der Waals surface area contributed by atoms with Crippen LogP contribution in [0.15, 0.2) is 54.6 Å². The number of hydrogen-bond donors (Lipinski definition) is 1. The molecule has 1 aliphatic heterocycles. The molecule has 3 atom stereocenters. The summed E-state index contributed by atoms with van der Waals surface area (Å²) in [7, 11) is 0. The Morgan fingerprint density at radius 1 is 1.04 bits per heavy atom. The molecule has 0 unspecified atom stereocenters. The van der Waals surface area contributed by atoms with E-state index in [1.165, 1.54) is 17.7 Å². The highest BCUT2D eigenvalue weighted by Crippen LogP contribution is 2.52. The van der Waals surface area contributed by atoms with Crippen molar-refractivity contribution in [3.8, 4) is 0 Å². The number of allylic oxidation sites excluding steroid dienone is 2. The van der Waals surface area contributed by atoms with Crippen LogP contribution in [0.5, 0.6) is 0 Å². The van der Waals surface area contributed by atoms with Gasteiger partial charge in [0.05, 0.1) is 11.6 Å². The molecular weight excluding hydrogens is 323 g/mol. The van der Waals surface area contributed by atoms with Crippen molar-refractivity contribution >= 4 is 5.69 Å². The van der Waals surface area contributed by atoms with E-state index in [1.54, 1.807) is 12.1 Å². The average molecular weight is 343 g/mol. The van der Waals surface area contributed by atoms with Gasteiger partial charge in [-0.1, -0.05) is 55.5 Å². The number of alkyl halides is 3. The van der Waals surface area contributed by atoms with Crippen LogP contribution in [0, 0.1) is 5.92 Å². The van der Waals surface area contributed by atoms with Gasteiger partial charge in [-0.3, -0.25) is 0 Å². The summed E-state index contributed by atoms with van der Waals surface area (Å²) in [5, 5.41) is 3.48. The van der Waals surface area contributed by atoms with Crippen LogP contribution < -0.4 is 5.32 Å². The van der Waals surface area contributed by atoms with Gasteiger partial charge in [-0.05, 0) is 41.5 Å². The summed E-state index contributed by atoms with van der Waals surface area (Å²) in [6.07, 6.45) is 1.57. The van der Waals surface area contributed by atoms with Gasteiger partial charge in [0.25, 0.3) is 0 Å². The van der Waals surface area contributed by atoms with Crippen LogP contribution >= 0.6 is 0 Å². The third-order valence-electron chi connectivity index (χ3n) is 5.47. The van der Waals surface area contributed by atoms with Crippen molar-refractivity contribution in [3.63, 3.8) is 0 Å². The molecule has 25 heavy (non-hydrogen) atoms. The van der Waals surface area contributed by atoms with Crippen LogP contribution in [-0.2, 0) is 12.6 Å². The van der Waals surface area contributed by atoms with Crippen LogP contribution in [-0.4, -0.2) is 0 Å². The maximum absolute atomic E-state index is 13.5. The summed E-state index contributed by atoms with van der Waals surface area (Å²) in [6.45, 7) is 2.08. The highest BCUT2D eigenvalue weighted by molar-refractivity contribution is 5.64. The molecule has 0 saturated carbocycles. The summed E-state index contributed by atoms with van der Waals surface area (Å²) >= 11 is 0. The first-order valence-electron chi connectivity index (χ1n) is 8.71. The number of aryl methyl sites for hydroxylation is 1. The Hall–Kier alpha value is -2.23. The Labute approximate surface area is 145 Å². The van der Waals surface area contributed by atoms with E-state index in [1.807, 2.05) is 6.07 Å². The molecule has 0 fully saturated rings. The van der Waals surface area contributed by atoms with Crippen molar-refractivity contribution in [1.82, 2.24) is 0 Å². The summed E-state index contributed by atoms with van der Waals surface area (Å²) in [5.74, 6) is 0.289. The van der Waals surface area contributed by atoms with E-state index < -0.39 is 11.7 Å². The molecule has 0 radical (unpaired) electrons. The molecule has 0 aromatic heterocycles. The second-order valence-corrected chi connectivity index (χ2v) is 6.80. The van der Waals surface area contributed by atoms with Gasteiger partial charge < -0.3 is 5.32 Å². The number of anilines is 1. The van der Waals surface area contributed by atoms with Crippen molar-refractivity contribution < 1.29 is 13.2 Å². The highest BCUT2D eigenvalue weighted by Gasteiger charge is 2.42. The molecule has 2 aromatic carbocycles. The van der Waals surface area contributed by atoms with Crippen LogP contribution in [0.3, 0.4) is 0 Å². The smallest absolute Gasteiger partial charge is 0.377 e. The lowest BCUT2D eigenvalue weighted by atomic mass is 9.75. The van der Waals surface area contributed by atoms with Crippen molar-refractivity contribution in [2.45, 2.75) is 37.9 Å². The van der Waals surface area contributed by atoms with Crippen LogP contribution in [0.1, 0.15) is 47.6 Å². The fraction of sp³-hybridized carbons (Fsp3) is 0.333. The van der Waals surface area contributed by atoms with Gasteiger partial charge in [0.15, 0.2) is 0 Å². The Morgan fingerprint density at radius 2 is 1.80 bits per heavy atom. The van der Waals surface area contributed by atoms with Gasteiger partial charge in [0, 0.05) is 11.6 Å². The number of rotatable bonds is 2. The molecule has 2 aromatic rings. The summed E-state index contributed by atoms with van der Waals surface area (Å²) in [4.78, 5) is 0. The SMILES string of the molecule is CCc1cccc2c1N[C@H](c1ccccc1C(F)(F)F)[C@@H]1CC=C[C@@H]21. The van der Waals surface area contributed by atoms with E-state index in [-0.39, 0.29) is 17.9 Å². The fourth-order valence-corrected chi connectivity index (χ4v) is 4.32. The van der Waals surface area contributed by atoms with Crippen molar-refractivity contribution in [2.24, 2.45) is 5.92 Å². The molecule has 0 amide bonds. The second kappa shape index (κ2) is 5.94. The molecule has 2 aliphatic rings. The van der Waals surface area contributed by atoms with Gasteiger partial charge >= 0.3 is 6.18 Å². The third kappa shape index (κ3) is 2.64. The second-order valence-electron chi connectivity index (χ2n) is 6.80. The maximum atomic E-state index is 13.5. The minimum absolute atomic E-state index is 0.114. The van der Waals surface area contributed by atoms with Crippen molar-refractivity contribution in [3.05, 3.63) is 76.9 Å². The topological polar surface area (TPSA) is 12.0 Å². The first-order valence-corrected chi connectivity index (χ1v) is 8.71. The molecule has 4 rings (SSSR count). The summed E-state index contributed by atoms with van der Waals surface area (Å²) < 4.78 is 40.6. The fourth-order valence-electron chi connectivity index (χ4n) is 4.32. The zero-order valence-electron chi connectivity index (χ0n) is 14.0. The average Bonchev–Trinajstić information content (AvgIpc) is 3.09. The van der Waals surface area contributed by atoms with Gasteiger partial charge in [-0.25, -0.2) is 0 Å². The molecule has 1 aliphatic carbocycles. The first-order chi connectivity index (χ1) is 12.0. The summed E-state index contributed by atoms with van der Waals surface area (Å²) in [5.41, 5.74) is 3.20. The Morgan fingerprint density at radius 3 is 2.56 bits per heavy atom. The normalized spacial score (nSPS) is 24.6. The predicted octanol–water partition coefficient (Wildman–Crippen LogP) is 6.09. The number of para-hydroxylation sites is 1. The number of halogens is 3. The van der Waals surface area contributed by atoms with Crippen LogP contribution in [0.4, 0.5) is 18.9 Å². The first kappa shape index (κ1) is 16.2. The van der Waals surface area contributed by atoms with E-state index in [9.17, 15) is 13.2 Å². The quantitative estimate of drug-likeness (QED) is 0.650. The standard InChI is InChI=1S/C21H20F3N/c1-2-13-7-5-10-15-14-9-6-11-16(14)20(25-19(13)15)17-8-3-4-12-18(17)21(22,23)24/h3-10,12,14,16,20,25H,2,11H2,1H3/t14-,16+,20-/m0/s1. The Kier molecular flexibility index (Phi) is 3.86. The summed E-state index contributed by atoms with van der Waals surface area (Å²) in [6, 6.07) is 11.8. The van der Waals surface area contributed by atoms with E-state index in [4.69, 9.17) is 0 Å². The molecule has 1 nitrogen and oxygen atoms in total. The number of fused-ring (bicyclic) bond motifs is 3. The number of hydrogen-bond acceptors (Lipinski definition) is 1. The zero-order valence-corrected chi connectivity index (χ0v) is 14.0. The molecule has 0 spiro atoms. The van der Waals surface area contributed by atoms with Gasteiger partial charge in [-0.15, -0.1) is 0 Å². The molecule has 0 saturated heterocycles. The van der Waals surface area contributed by atoms with Gasteiger partial charge in [0.2, 0.25) is 0 Å². The minimum atomic E-state index is -4.34. The Bertz CT molecular complexity index is 822. The lowest BCUT2D eigenvalue weighted by molar-refractivity contribution is -0.138. The van der Waals surface area contributed by atoms with Crippen molar-refractivity contribution in [1.29, 1.82) is 0 Å². The zero-order chi connectivity index (χ0) is 17.6. The highest BCUT2D eigenvalue weighted by atomic mass is 19.4. The molecule has 4 heteroatoms.